The van der Waals surface area contributed by atoms with Crippen LogP contribution in [0.1, 0.15) is 29.9 Å². The van der Waals surface area contributed by atoms with E-state index in [-0.39, 0.29) is 23.5 Å². The number of benzene rings is 1. The maximum atomic E-state index is 13.6. The molecule has 2 N–H and O–H groups in total. The molecule has 0 unspecified atom stereocenters. The van der Waals surface area contributed by atoms with Crippen LogP contribution in [0.4, 0.5) is 10.1 Å². The zero-order valence-corrected chi connectivity index (χ0v) is 15.4. The molecular formula is C16H19Cl2FN4O. The maximum Gasteiger partial charge on any atom is 0.238 e. The van der Waals surface area contributed by atoms with Gasteiger partial charge in [-0.1, -0.05) is 23.2 Å². The van der Waals surface area contributed by atoms with Gasteiger partial charge in [-0.05, 0) is 38.5 Å². The van der Waals surface area contributed by atoms with E-state index in [1.54, 1.807) is 11.6 Å². The van der Waals surface area contributed by atoms with Crippen molar-refractivity contribution >= 4 is 34.8 Å². The van der Waals surface area contributed by atoms with Crippen molar-refractivity contribution in [2.75, 3.05) is 11.9 Å². The molecule has 1 aromatic carbocycles. The third-order valence-electron chi connectivity index (χ3n) is 3.85. The number of halogens is 3. The highest BCUT2D eigenvalue weighted by Crippen LogP contribution is 2.28. The second kappa shape index (κ2) is 7.51. The Bertz CT molecular complexity index is 776. The van der Waals surface area contributed by atoms with Crippen molar-refractivity contribution in [3.05, 3.63) is 44.9 Å². The van der Waals surface area contributed by atoms with Gasteiger partial charge in [-0.2, -0.15) is 5.10 Å². The second-order valence-corrected chi connectivity index (χ2v) is 6.42. The SMILES string of the molecule is Cc1nn(C)c(C)c1NC(=O)CN[C@H](C)c1cc(F)c(Cl)cc1Cl. The molecule has 2 aromatic rings. The quantitative estimate of drug-likeness (QED) is 0.785. The number of hydrogen-bond acceptors (Lipinski definition) is 3. The normalized spacial score (nSPS) is 12.3. The summed E-state index contributed by atoms with van der Waals surface area (Å²) in [6, 6.07) is 2.32. The van der Waals surface area contributed by atoms with Gasteiger partial charge in [0.1, 0.15) is 5.82 Å². The molecule has 1 heterocycles. The molecule has 0 aliphatic heterocycles. The van der Waals surface area contributed by atoms with Crippen molar-refractivity contribution in [3.63, 3.8) is 0 Å². The molecule has 1 aromatic heterocycles. The third kappa shape index (κ3) is 4.06. The molecule has 0 bridgehead atoms. The molecule has 8 heteroatoms. The van der Waals surface area contributed by atoms with Crippen molar-refractivity contribution in [2.24, 2.45) is 7.05 Å². The molecule has 1 amide bonds. The van der Waals surface area contributed by atoms with Gasteiger partial charge >= 0.3 is 0 Å². The Balaban J connectivity index is 2.00. The zero-order valence-electron chi connectivity index (χ0n) is 13.9. The predicted octanol–water partition coefficient (Wildman–Crippen LogP) is 3.77. The minimum Gasteiger partial charge on any atom is -0.322 e. The number of nitrogens with zero attached hydrogens (tertiary/aromatic N) is 2. The number of aryl methyl sites for hydroxylation is 2. The Hall–Kier alpha value is -1.63. The molecule has 5 nitrogen and oxygen atoms in total. The van der Waals surface area contributed by atoms with Gasteiger partial charge in [0.15, 0.2) is 0 Å². The van der Waals surface area contributed by atoms with Crippen LogP contribution in [-0.4, -0.2) is 22.2 Å². The molecule has 0 saturated heterocycles. The zero-order chi connectivity index (χ0) is 18.0. The minimum atomic E-state index is -0.546. The van der Waals surface area contributed by atoms with Gasteiger partial charge in [-0.25, -0.2) is 4.39 Å². The fourth-order valence-electron chi connectivity index (χ4n) is 2.36. The Kier molecular flexibility index (Phi) is 5.85. The van der Waals surface area contributed by atoms with E-state index in [2.05, 4.69) is 15.7 Å². The molecule has 0 fully saturated rings. The van der Waals surface area contributed by atoms with Gasteiger partial charge < -0.3 is 10.6 Å². The smallest absolute Gasteiger partial charge is 0.238 e. The largest absolute Gasteiger partial charge is 0.322 e. The van der Waals surface area contributed by atoms with E-state index in [4.69, 9.17) is 23.2 Å². The van der Waals surface area contributed by atoms with E-state index in [1.165, 1.54) is 12.1 Å². The highest BCUT2D eigenvalue weighted by molar-refractivity contribution is 6.35. The van der Waals surface area contributed by atoms with E-state index < -0.39 is 5.82 Å². The Morgan fingerprint density at radius 1 is 1.33 bits per heavy atom. The number of rotatable bonds is 5. The summed E-state index contributed by atoms with van der Waals surface area (Å²) in [6.45, 7) is 5.55. The monoisotopic (exact) mass is 372 g/mol. The molecule has 24 heavy (non-hydrogen) atoms. The number of carbonyl (C=O) groups is 1. The van der Waals surface area contributed by atoms with Gasteiger partial charge in [0.05, 0.1) is 28.6 Å². The van der Waals surface area contributed by atoms with E-state index >= 15 is 0 Å². The number of carbonyl (C=O) groups excluding carboxylic acids is 1. The summed E-state index contributed by atoms with van der Waals surface area (Å²) in [6.07, 6.45) is 0. The minimum absolute atomic E-state index is 0.0313. The summed E-state index contributed by atoms with van der Waals surface area (Å²) in [5.74, 6) is -0.762. The first-order valence-corrected chi connectivity index (χ1v) is 8.14. The van der Waals surface area contributed by atoms with Crippen molar-refractivity contribution in [1.82, 2.24) is 15.1 Å². The van der Waals surface area contributed by atoms with Gasteiger partial charge in [-0.3, -0.25) is 9.48 Å². The van der Waals surface area contributed by atoms with Crippen molar-refractivity contribution < 1.29 is 9.18 Å². The lowest BCUT2D eigenvalue weighted by Gasteiger charge is -2.16. The summed E-state index contributed by atoms with van der Waals surface area (Å²) in [5.41, 5.74) is 2.86. The van der Waals surface area contributed by atoms with Crippen LogP contribution in [0.3, 0.4) is 0 Å². The molecule has 0 saturated carbocycles. The Labute approximate surface area is 150 Å². The van der Waals surface area contributed by atoms with Crippen molar-refractivity contribution in [3.8, 4) is 0 Å². The molecule has 0 aliphatic carbocycles. The van der Waals surface area contributed by atoms with E-state index in [0.717, 1.165) is 11.4 Å². The van der Waals surface area contributed by atoms with Crippen LogP contribution in [0.25, 0.3) is 0 Å². The van der Waals surface area contributed by atoms with Crippen LogP contribution >= 0.6 is 23.2 Å². The van der Waals surface area contributed by atoms with E-state index in [0.29, 0.717) is 16.3 Å². The number of anilines is 1. The molecular weight excluding hydrogens is 354 g/mol. The molecule has 0 aliphatic rings. The predicted molar refractivity (Wildman–Crippen MR) is 94.1 cm³/mol. The van der Waals surface area contributed by atoms with Gasteiger partial charge in [0.25, 0.3) is 0 Å². The van der Waals surface area contributed by atoms with Crippen molar-refractivity contribution in [2.45, 2.75) is 26.8 Å². The lowest BCUT2D eigenvalue weighted by atomic mass is 10.1. The van der Waals surface area contributed by atoms with Crippen LogP contribution in [0.15, 0.2) is 12.1 Å². The van der Waals surface area contributed by atoms with E-state index in [9.17, 15) is 9.18 Å². The highest BCUT2D eigenvalue weighted by atomic mass is 35.5. The number of nitrogens with one attached hydrogen (secondary N) is 2. The second-order valence-electron chi connectivity index (χ2n) is 5.61. The van der Waals surface area contributed by atoms with Crippen molar-refractivity contribution in [1.29, 1.82) is 0 Å². The Morgan fingerprint density at radius 3 is 2.58 bits per heavy atom. The molecule has 2 rings (SSSR count). The maximum absolute atomic E-state index is 13.6. The summed E-state index contributed by atoms with van der Waals surface area (Å²) in [4.78, 5) is 12.1. The summed E-state index contributed by atoms with van der Waals surface area (Å²) >= 11 is 11.8. The standard InChI is InChI=1S/C16H19Cl2FN4O/c1-8(11-5-14(19)13(18)6-12(11)17)20-7-15(24)21-16-9(2)22-23(4)10(16)3/h5-6,8,20H,7H2,1-4H3,(H,21,24)/t8-/m1/s1. The van der Waals surface area contributed by atoms with Gasteiger partial charge in [0.2, 0.25) is 5.91 Å². The van der Waals surface area contributed by atoms with Gasteiger partial charge in [-0.15, -0.1) is 0 Å². The number of hydrogen-bond donors (Lipinski definition) is 2. The number of amides is 1. The lowest BCUT2D eigenvalue weighted by molar-refractivity contribution is -0.115. The van der Waals surface area contributed by atoms with Crippen LogP contribution in [-0.2, 0) is 11.8 Å². The fraction of sp³-hybridized carbons (Fsp3) is 0.375. The number of aromatic nitrogens is 2. The molecule has 0 spiro atoms. The first kappa shape index (κ1) is 18.7. The van der Waals surface area contributed by atoms with Gasteiger partial charge in [0, 0.05) is 18.1 Å². The first-order valence-electron chi connectivity index (χ1n) is 7.38. The fourth-order valence-corrected chi connectivity index (χ4v) is 2.91. The summed E-state index contributed by atoms with van der Waals surface area (Å²) < 4.78 is 15.3. The molecule has 0 radical (unpaired) electrons. The first-order chi connectivity index (χ1) is 11.2. The molecule has 1 atom stereocenters. The average molecular weight is 373 g/mol. The lowest BCUT2D eigenvalue weighted by Crippen LogP contribution is -2.30. The average Bonchev–Trinajstić information content (AvgIpc) is 2.75. The van der Waals surface area contributed by atoms with Crippen LogP contribution in [0.5, 0.6) is 0 Å². The molecule has 130 valence electrons. The third-order valence-corrected chi connectivity index (χ3v) is 4.47. The van der Waals surface area contributed by atoms with Crippen LogP contribution in [0, 0.1) is 19.7 Å². The summed E-state index contributed by atoms with van der Waals surface area (Å²) in [7, 11) is 1.81. The summed E-state index contributed by atoms with van der Waals surface area (Å²) in [5, 5.41) is 10.4. The Morgan fingerprint density at radius 2 is 2.00 bits per heavy atom. The highest BCUT2D eigenvalue weighted by Gasteiger charge is 2.16. The topological polar surface area (TPSA) is 59.0 Å². The van der Waals surface area contributed by atoms with E-state index in [1.807, 2.05) is 20.9 Å². The van der Waals surface area contributed by atoms with Crippen LogP contribution < -0.4 is 10.6 Å². The van der Waals surface area contributed by atoms with Crippen LogP contribution in [0.2, 0.25) is 10.0 Å².